The van der Waals surface area contributed by atoms with Gasteiger partial charge in [0.25, 0.3) is 0 Å². The number of rotatable bonds is 7. The monoisotopic (exact) mass is 434 g/mol. The maximum atomic E-state index is 12.2. The van der Waals surface area contributed by atoms with E-state index in [4.69, 9.17) is 26.6 Å². The molecule has 2 unspecified atom stereocenters. The standard InChI is InChI=1S/C12H26BO10P3/c1-9(2)10(3,4)12(7,21-11(9,5)6)8-20-24(13,14)22-26(18,19)23-25(15,16)17/h8H2,1-7H3,(H,18,19)(H2,15,16,17)/q-1/t12-,24?/m1/s1. The Morgan fingerprint density at radius 1 is 0.885 bits per heavy atom. The summed E-state index contributed by atoms with van der Waals surface area (Å²) in [5, 5.41) is 0. The van der Waals surface area contributed by atoms with Crippen molar-refractivity contribution in [1.29, 1.82) is 0 Å². The van der Waals surface area contributed by atoms with Crippen molar-refractivity contribution < 1.29 is 46.3 Å². The highest BCUT2D eigenvalue weighted by atomic mass is 31.3. The van der Waals surface area contributed by atoms with E-state index >= 15 is 0 Å². The molecule has 0 saturated carbocycles. The predicted molar refractivity (Wildman–Crippen MR) is 94.5 cm³/mol. The highest BCUT2D eigenvalue weighted by Crippen LogP contribution is 2.67. The summed E-state index contributed by atoms with van der Waals surface area (Å²) in [5.41, 5.74) is -2.42. The van der Waals surface area contributed by atoms with E-state index < -0.39 is 39.7 Å². The average Bonchev–Trinajstić information content (AvgIpc) is 2.39. The van der Waals surface area contributed by atoms with Crippen LogP contribution in [-0.2, 0) is 31.6 Å². The average molecular weight is 434 g/mol. The third kappa shape index (κ3) is 4.90. The zero-order valence-corrected chi connectivity index (χ0v) is 18.5. The largest absolute Gasteiger partial charge is 0.485 e. The summed E-state index contributed by atoms with van der Waals surface area (Å²) >= 11 is 0. The smallest absolute Gasteiger partial charge is 0.443 e. The maximum absolute atomic E-state index is 12.2. The molecule has 1 aliphatic rings. The summed E-state index contributed by atoms with van der Waals surface area (Å²) in [5.74, 6) is 0. The lowest BCUT2D eigenvalue weighted by Gasteiger charge is -2.45. The van der Waals surface area contributed by atoms with Crippen LogP contribution in [0, 0.1) is 10.8 Å². The lowest BCUT2D eigenvalue weighted by Crippen LogP contribution is -2.48. The molecular weight excluding hydrogens is 408 g/mol. The topological polar surface area (TPSA) is 149 Å². The van der Waals surface area contributed by atoms with E-state index in [1.54, 1.807) is 6.92 Å². The molecule has 0 amide bonds. The summed E-state index contributed by atoms with van der Waals surface area (Å²) in [6.07, 6.45) is 0. The van der Waals surface area contributed by atoms with Gasteiger partial charge in [0, 0.05) is 10.8 Å². The van der Waals surface area contributed by atoms with Gasteiger partial charge in [0.15, 0.2) is 0 Å². The van der Waals surface area contributed by atoms with Crippen molar-refractivity contribution in [3.8, 4) is 0 Å². The van der Waals surface area contributed by atoms with E-state index in [1.807, 2.05) is 41.5 Å². The Morgan fingerprint density at radius 3 is 1.69 bits per heavy atom. The van der Waals surface area contributed by atoms with Crippen molar-refractivity contribution in [2.24, 2.45) is 10.8 Å². The number of ether oxygens (including phenoxy) is 1. The van der Waals surface area contributed by atoms with Crippen molar-refractivity contribution >= 4 is 30.7 Å². The fourth-order valence-electron chi connectivity index (χ4n) is 2.97. The van der Waals surface area contributed by atoms with E-state index in [9.17, 15) is 18.6 Å². The number of hydrogen-bond donors (Lipinski definition) is 3. The summed E-state index contributed by atoms with van der Waals surface area (Å²) in [7, 11) is -10.2. The van der Waals surface area contributed by atoms with Crippen LogP contribution in [0.5, 0.6) is 0 Å². The van der Waals surface area contributed by atoms with Crippen LogP contribution in [0.4, 0.5) is 0 Å². The van der Waals surface area contributed by atoms with E-state index in [1.165, 1.54) is 0 Å². The van der Waals surface area contributed by atoms with Crippen LogP contribution < -0.4 is 0 Å². The van der Waals surface area contributed by atoms with Crippen molar-refractivity contribution in [3.05, 3.63) is 0 Å². The summed E-state index contributed by atoms with van der Waals surface area (Å²) < 4.78 is 53.1. The maximum Gasteiger partial charge on any atom is 0.485 e. The Bertz CT molecular complexity index is 699. The molecule has 0 aromatic rings. The minimum Gasteiger partial charge on any atom is -0.443 e. The van der Waals surface area contributed by atoms with Gasteiger partial charge in [-0.3, -0.25) is 0 Å². The molecule has 3 atom stereocenters. The van der Waals surface area contributed by atoms with E-state index in [2.05, 4.69) is 8.62 Å². The zero-order chi connectivity index (χ0) is 21.0. The van der Waals surface area contributed by atoms with Gasteiger partial charge in [-0.05, 0) is 20.8 Å². The predicted octanol–water partition coefficient (Wildman–Crippen LogP) is 3.13. The molecule has 1 rings (SSSR count). The summed E-state index contributed by atoms with van der Waals surface area (Å²) in [6, 6.07) is 0. The highest BCUT2D eigenvalue weighted by Gasteiger charge is 2.66. The molecule has 3 N–H and O–H groups in total. The lowest BCUT2D eigenvalue weighted by molar-refractivity contribution is -0.123. The zero-order valence-electron chi connectivity index (χ0n) is 15.8. The molecule has 0 aromatic carbocycles. The molecule has 10 nitrogen and oxygen atoms in total. The first-order valence-corrected chi connectivity index (χ1v) is 12.3. The van der Waals surface area contributed by atoms with Gasteiger partial charge in [0.05, 0.1) is 25.3 Å². The summed E-state index contributed by atoms with van der Waals surface area (Å²) in [6.45, 7) is 13.0. The molecular formula is C12H26BO10P3-. The fraction of sp³-hybridized carbons (Fsp3) is 1.00. The Labute approximate surface area is 154 Å². The van der Waals surface area contributed by atoms with Crippen molar-refractivity contribution in [2.75, 3.05) is 6.61 Å². The van der Waals surface area contributed by atoms with Gasteiger partial charge >= 0.3 is 15.6 Å². The first-order chi connectivity index (χ1) is 11.1. The first-order valence-electron chi connectivity index (χ1n) is 7.62. The Balaban J connectivity index is 2.96. The van der Waals surface area contributed by atoms with Crippen molar-refractivity contribution in [1.82, 2.24) is 0 Å². The first kappa shape index (κ1) is 24.5. The fourth-order valence-corrected chi connectivity index (χ4v) is 6.20. The molecule has 14 heteroatoms. The van der Waals surface area contributed by atoms with Crippen LogP contribution >= 0.6 is 23.1 Å². The van der Waals surface area contributed by atoms with Crippen LogP contribution in [0.15, 0.2) is 0 Å². The van der Waals surface area contributed by atoms with Crippen LogP contribution in [0.1, 0.15) is 48.5 Å². The van der Waals surface area contributed by atoms with Crippen LogP contribution in [0.3, 0.4) is 0 Å². The molecule has 26 heavy (non-hydrogen) atoms. The lowest BCUT2D eigenvalue weighted by atomic mass is 9.57. The van der Waals surface area contributed by atoms with Crippen LogP contribution in [-0.4, -0.2) is 40.1 Å². The SMILES string of the molecule is [B-]P(=O)(OC[C@@]1(C)OC(C)(C)C(C)(C)C1(C)C)OP(=O)(O)OP(=O)(O)O. The molecule has 1 heterocycles. The summed E-state index contributed by atoms with van der Waals surface area (Å²) in [4.78, 5) is 26.4. The number of phosphoric acid groups is 2. The highest BCUT2D eigenvalue weighted by molar-refractivity contribution is 7.84. The van der Waals surface area contributed by atoms with Gasteiger partial charge < -0.3 is 36.1 Å². The van der Waals surface area contributed by atoms with Gasteiger partial charge in [0.2, 0.25) is 0 Å². The minimum absolute atomic E-state index is 0.340. The van der Waals surface area contributed by atoms with Gasteiger partial charge in [-0.25, -0.2) is 13.4 Å². The van der Waals surface area contributed by atoms with Gasteiger partial charge in [-0.2, -0.15) is 4.31 Å². The molecule has 0 spiro atoms. The van der Waals surface area contributed by atoms with E-state index in [0.717, 1.165) is 0 Å². The van der Waals surface area contributed by atoms with E-state index in [-0.39, 0.29) is 12.0 Å². The van der Waals surface area contributed by atoms with Crippen LogP contribution in [0.2, 0.25) is 0 Å². The third-order valence-corrected chi connectivity index (χ3v) is 9.72. The molecule has 153 valence electrons. The van der Waals surface area contributed by atoms with Gasteiger partial charge in [-0.1, -0.05) is 27.7 Å². The molecule has 0 aromatic heterocycles. The van der Waals surface area contributed by atoms with Gasteiger partial charge in [-0.15, -0.1) is 0 Å². The Morgan fingerprint density at radius 2 is 1.35 bits per heavy atom. The molecule has 1 aliphatic heterocycles. The van der Waals surface area contributed by atoms with E-state index in [0.29, 0.717) is 0 Å². The molecule has 3 radical (unpaired) electrons. The molecule has 0 aliphatic carbocycles. The third-order valence-electron chi connectivity index (χ3n) is 5.82. The normalized spacial score (nSPS) is 32.0. The van der Waals surface area contributed by atoms with Crippen molar-refractivity contribution in [3.63, 3.8) is 0 Å². The Kier molecular flexibility index (Phi) is 6.38. The second-order valence-corrected chi connectivity index (χ2v) is 12.6. The molecule has 0 bridgehead atoms. The Hall–Kier alpha value is 0.475. The molecule has 1 fully saturated rings. The minimum atomic E-state index is -5.42. The van der Waals surface area contributed by atoms with Gasteiger partial charge in [0.1, 0.15) is 0 Å². The van der Waals surface area contributed by atoms with Crippen LogP contribution in [0.25, 0.3) is 0 Å². The van der Waals surface area contributed by atoms with Crippen molar-refractivity contribution in [2.45, 2.75) is 59.7 Å². The number of hydrogen-bond acceptors (Lipinski definition) is 7. The quantitative estimate of drug-likeness (QED) is 0.403. The second kappa shape index (κ2) is 6.77. The second-order valence-electron chi connectivity index (χ2n) is 8.03. The molecule has 1 saturated heterocycles.